The molecular weight excluding hydrogens is 214 g/mol. The molecule has 3 nitrogen and oxygen atoms in total. The van der Waals surface area contributed by atoms with Crippen molar-refractivity contribution in [3.63, 3.8) is 0 Å². The van der Waals surface area contributed by atoms with Gasteiger partial charge in [-0.2, -0.15) is 0 Å². The third-order valence-corrected chi connectivity index (χ3v) is 2.94. The van der Waals surface area contributed by atoms with Gasteiger partial charge in [-0.05, 0) is 42.9 Å². The Labute approximate surface area is 103 Å². The lowest BCUT2D eigenvalue weighted by molar-refractivity contribution is 0.0689. The van der Waals surface area contributed by atoms with Crippen LogP contribution in [0.1, 0.15) is 61.1 Å². The van der Waals surface area contributed by atoms with Gasteiger partial charge in [-0.3, -0.25) is 0 Å². The van der Waals surface area contributed by atoms with E-state index in [-0.39, 0.29) is 5.69 Å². The van der Waals surface area contributed by atoms with Crippen LogP contribution in [0.25, 0.3) is 0 Å². The molecule has 0 bridgehead atoms. The Bertz CT molecular complexity index is 374. The monoisotopic (exact) mass is 235 g/mol. The molecule has 0 amide bonds. The van der Waals surface area contributed by atoms with E-state index in [1.165, 1.54) is 0 Å². The topological polar surface area (TPSA) is 50.2 Å². The summed E-state index contributed by atoms with van der Waals surface area (Å²) in [6.07, 6.45) is 7.71. The minimum absolute atomic E-state index is 0.243. The third-order valence-electron chi connectivity index (χ3n) is 2.94. The lowest BCUT2D eigenvalue weighted by atomic mass is 9.97. The summed E-state index contributed by atoms with van der Waals surface area (Å²) in [7, 11) is 0. The molecule has 1 aromatic rings. The molecule has 0 unspecified atom stereocenters. The van der Waals surface area contributed by atoms with Crippen molar-refractivity contribution in [2.24, 2.45) is 0 Å². The average molecular weight is 235 g/mol. The van der Waals surface area contributed by atoms with Gasteiger partial charge in [0.2, 0.25) is 0 Å². The van der Waals surface area contributed by atoms with E-state index in [4.69, 9.17) is 5.11 Å². The third kappa shape index (κ3) is 3.84. The number of carboxylic acid groups (broad SMARTS) is 1. The Morgan fingerprint density at radius 2 is 1.88 bits per heavy atom. The molecular formula is C14H21NO2. The molecule has 0 aliphatic heterocycles. The van der Waals surface area contributed by atoms with Gasteiger partial charge in [-0.15, -0.1) is 0 Å². The first-order valence-electron chi connectivity index (χ1n) is 6.40. The van der Waals surface area contributed by atoms with Gasteiger partial charge < -0.3 is 5.11 Å². The maximum absolute atomic E-state index is 11.1. The van der Waals surface area contributed by atoms with Gasteiger partial charge in [0, 0.05) is 6.20 Å². The van der Waals surface area contributed by atoms with Gasteiger partial charge in [-0.1, -0.05) is 26.7 Å². The van der Waals surface area contributed by atoms with Crippen molar-refractivity contribution in [2.45, 2.75) is 52.4 Å². The number of aromatic carboxylic acids is 1. The minimum Gasteiger partial charge on any atom is -0.477 e. The summed E-state index contributed by atoms with van der Waals surface area (Å²) in [5.41, 5.74) is 2.34. The van der Waals surface area contributed by atoms with E-state index in [9.17, 15) is 4.79 Å². The van der Waals surface area contributed by atoms with Gasteiger partial charge >= 0.3 is 5.97 Å². The SMILES string of the molecule is CCCCc1ccnc(C(=O)O)c1CCCC. The Kier molecular flexibility index (Phi) is 5.67. The highest BCUT2D eigenvalue weighted by Crippen LogP contribution is 2.18. The molecule has 0 atom stereocenters. The van der Waals surface area contributed by atoms with Crippen molar-refractivity contribution in [2.75, 3.05) is 0 Å². The number of hydrogen-bond donors (Lipinski definition) is 1. The predicted molar refractivity (Wildman–Crippen MR) is 68.4 cm³/mol. The molecule has 17 heavy (non-hydrogen) atoms. The summed E-state index contributed by atoms with van der Waals surface area (Å²) in [5, 5.41) is 9.15. The maximum Gasteiger partial charge on any atom is 0.354 e. The maximum atomic E-state index is 11.1. The predicted octanol–water partition coefficient (Wildman–Crippen LogP) is 3.47. The first kappa shape index (κ1) is 13.7. The number of aromatic nitrogens is 1. The van der Waals surface area contributed by atoms with E-state index < -0.39 is 5.97 Å². The van der Waals surface area contributed by atoms with Crippen molar-refractivity contribution in [1.82, 2.24) is 4.98 Å². The van der Waals surface area contributed by atoms with Crippen LogP contribution in [0.15, 0.2) is 12.3 Å². The van der Waals surface area contributed by atoms with E-state index in [0.717, 1.165) is 49.7 Å². The Morgan fingerprint density at radius 3 is 2.47 bits per heavy atom. The number of pyridine rings is 1. The Hall–Kier alpha value is -1.38. The fourth-order valence-electron chi connectivity index (χ4n) is 1.95. The van der Waals surface area contributed by atoms with E-state index >= 15 is 0 Å². The quantitative estimate of drug-likeness (QED) is 0.787. The summed E-state index contributed by atoms with van der Waals surface area (Å²) >= 11 is 0. The van der Waals surface area contributed by atoms with E-state index in [0.29, 0.717) is 0 Å². The second kappa shape index (κ2) is 7.05. The number of unbranched alkanes of at least 4 members (excludes halogenated alkanes) is 2. The number of hydrogen-bond acceptors (Lipinski definition) is 2. The van der Waals surface area contributed by atoms with Crippen molar-refractivity contribution in [3.05, 3.63) is 29.1 Å². The van der Waals surface area contributed by atoms with Crippen LogP contribution in [-0.2, 0) is 12.8 Å². The molecule has 1 aromatic heterocycles. The average Bonchev–Trinajstić information content (AvgIpc) is 2.33. The van der Waals surface area contributed by atoms with Crippen LogP contribution in [0.4, 0.5) is 0 Å². The summed E-state index contributed by atoms with van der Waals surface area (Å²) < 4.78 is 0. The molecule has 1 rings (SSSR count). The first-order valence-corrected chi connectivity index (χ1v) is 6.40. The molecule has 0 radical (unpaired) electrons. The van der Waals surface area contributed by atoms with Gasteiger partial charge in [0.1, 0.15) is 0 Å². The fraction of sp³-hybridized carbons (Fsp3) is 0.571. The first-order chi connectivity index (χ1) is 8.20. The zero-order valence-electron chi connectivity index (χ0n) is 10.7. The van der Waals surface area contributed by atoms with E-state index in [1.807, 2.05) is 6.07 Å². The van der Waals surface area contributed by atoms with Gasteiger partial charge in [0.15, 0.2) is 5.69 Å². The lowest BCUT2D eigenvalue weighted by Gasteiger charge is -2.11. The van der Waals surface area contributed by atoms with Crippen LogP contribution in [0.5, 0.6) is 0 Å². The fourth-order valence-corrected chi connectivity index (χ4v) is 1.95. The summed E-state index contributed by atoms with van der Waals surface area (Å²) in [4.78, 5) is 15.1. The number of carboxylic acids is 1. The van der Waals surface area contributed by atoms with Crippen molar-refractivity contribution < 1.29 is 9.90 Å². The lowest BCUT2D eigenvalue weighted by Crippen LogP contribution is -2.09. The number of carbonyl (C=O) groups is 1. The molecule has 0 spiro atoms. The van der Waals surface area contributed by atoms with Gasteiger partial charge in [0.25, 0.3) is 0 Å². The molecule has 0 aromatic carbocycles. The molecule has 1 heterocycles. The van der Waals surface area contributed by atoms with Gasteiger partial charge in [0.05, 0.1) is 0 Å². The van der Waals surface area contributed by atoms with Crippen LogP contribution in [-0.4, -0.2) is 16.1 Å². The van der Waals surface area contributed by atoms with Crippen LogP contribution in [0, 0.1) is 0 Å². The molecule has 94 valence electrons. The van der Waals surface area contributed by atoms with Gasteiger partial charge in [-0.25, -0.2) is 9.78 Å². The van der Waals surface area contributed by atoms with Crippen LogP contribution in [0.3, 0.4) is 0 Å². The van der Waals surface area contributed by atoms with Crippen molar-refractivity contribution in [1.29, 1.82) is 0 Å². The summed E-state index contributed by atoms with van der Waals surface area (Å²) in [5.74, 6) is -0.908. The largest absolute Gasteiger partial charge is 0.477 e. The standard InChI is InChI=1S/C14H21NO2/c1-3-5-7-11-9-10-15-13(14(16)17)12(11)8-6-4-2/h9-10H,3-8H2,1-2H3,(H,16,17). The second-order valence-electron chi connectivity index (χ2n) is 4.31. The van der Waals surface area contributed by atoms with Crippen LogP contribution in [0.2, 0.25) is 0 Å². The van der Waals surface area contributed by atoms with Crippen LogP contribution < -0.4 is 0 Å². The summed E-state index contributed by atoms with van der Waals surface area (Å²) in [6, 6.07) is 1.97. The van der Waals surface area contributed by atoms with Crippen molar-refractivity contribution in [3.8, 4) is 0 Å². The normalized spacial score (nSPS) is 10.5. The molecule has 1 N–H and O–H groups in total. The number of rotatable bonds is 7. The minimum atomic E-state index is -0.908. The number of nitrogens with zero attached hydrogens (tertiary/aromatic N) is 1. The molecule has 3 heteroatoms. The van der Waals surface area contributed by atoms with E-state index in [1.54, 1.807) is 6.20 Å². The molecule has 0 aliphatic rings. The molecule has 0 aliphatic carbocycles. The molecule has 0 saturated carbocycles. The Balaban J connectivity index is 3.00. The highest BCUT2D eigenvalue weighted by molar-refractivity contribution is 5.87. The van der Waals surface area contributed by atoms with E-state index in [2.05, 4.69) is 18.8 Å². The molecule has 0 saturated heterocycles. The number of aryl methyl sites for hydroxylation is 1. The second-order valence-corrected chi connectivity index (χ2v) is 4.31. The van der Waals surface area contributed by atoms with Crippen molar-refractivity contribution >= 4 is 5.97 Å². The Morgan fingerprint density at radius 1 is 1.24 bits per heavy atom. The zero-order valence-corrected chi connectivity index (χ0v) is 10.7. The highest BCUT2D eigenvalue weighted by Gasteiger charge is 2.14. The molecule has 0 fully saturated rings. The van der Waals surface area contributed by atoms with Crippen LogP contribution >= 0.6 is 0 Å². The summed E-state index contributed by atoms with van der Waals surface area (Å²) in [6.45, 7) is 4.26. The zero-order chi connectivity index (χ0) is 12.7. The smallest absolute Gasteiger partial charge is 0.354 e. The highest BCUT2D eigenvalue weighted by atomic mass is 16.4.